The number of rotatable bonds is 11. The molecule has 0 aliphatic rings. The first-order chi connectivity index (χ1) is 7.35. The van der Waals surface area contributed by atoms with Crippen LogP contribution in [-0.4, -0.2) is 37.1 Å². The van der Waals surface area contributed by atoms with Gasteiger partial charge in [0.1, 0.15) is 0 Å². The van der Waals surface area contributed by atoms with Crippen molar-refractivity contribution in [1.29, 1.82) is 0 Å². The van der Waals surface area contributed by atoms with Crippen LogP contribution in [0.3, 0.4) is 0 Å². The third-order valence-corrected chi connectivity index (χ3v) is 2.64. The van der Waals surface area contributed by atoms with E-state index in [1.807, 2.05) is 13.8 Å². The highest BCUT2D eigenvalue weighted by atomic mass is 127. The van der Waals surface area contributed by atoms with Gasteiger partial charge in [-0.25, -0.2) is 0 Å². The van der Waals surface area contributed by atoms with Crippen LogP contribution in [0.2, 0.25) is 0 Å². The van der Waals surface area contributed by atoms with Crippen molar-refractivity contribution in [2.24, 2.45) is 0 Å². The van der Waals surface area contributed by atoms with Crippen LogP contribution < -0.4 is 0 Å². The fraction of sp³-hybridized carbons (Fsp3) is 1.00. The summed E-state index contributed by atoms with van der Waals surface area (Å²) in [5.41, 5.74) is 0. The molecule has 0 atom stereocenters. The predicted octanol–water partition coefficient (Wildman–Crippen LogP) is 3.01. The molecular weight excluding hydrogens is 307 g/mol. The van der Waals surface area contributed by atoms with Crippen molar-refractivity contribution in [2.45, 2.75) is 39.4 Å². The summed E-state index contributed by atoms with van der Waals surface area (Å²) in [6.45, 7) is 6.63. The van der Waals surface area contributed by atoms with Gasteiger partial charge in [0.2, 0.25) is 0 Å². The van der Waals surface area contributed by atoms with Gasteiger partial charge in [-0.3, -0.25) is 0 Å². The van der Waals surface area contributed by atoms with E-state index in [4.69, 9.17) is 14.2 Å². The van der Waals surface area contributed by atoms with Crippen LogP contribution in [0, 0.1) is 0 Å². The van der Waals surface area contributed by atoms with Gasteiger partial charge in [-0.1, -0.05) is 29.0 Å². The molecule has 0 rings (SSSR count). The second-order valence-corrected chi connectivity index (χ2v) is 4.24. The maximum Gasteiger partial charge on any atom is 0.180 e. The molecule has 0 aliphatic carbocycles. The first kappa shape index (κ1) is 15.6. The van der Waals surface area contributed by atoms with E-state index in [9.17, 15) is 0 Å². The quantitative estimate of drug-likeness (QED) is 0.252. The van der Waals surface area contributed by atoms with Crippen LogP contribution in [0.25, 0.3) is 0 Å². The van der Waals surface area contributed by atoms with Crippen LogP contribution in [-0.2, 0) is 14.2 Å². The number of alkyl halides is 1. The van der Waals surface area contributed by atoms with Gasteiger partial charge in [0.15, 0.2) is 6.29 Å². The summed E-state index contributed by atoms with van der Waals surface area (Å²) in [5, 5.41) is 0. The molecule has 0 aromatic rings. The van der Waals surface area contributed by atoms with Crippen molar-refractivity contribution in [1.82, 2.24) is 0 Å². The minimum atomic E-state index is -0.190. The molecule has 0 unspecified atom stereocenters. The predicted molar refractivity (Wildman–Crippen MR) is 70.6 cm³/mol. The average Bonchev–Trinajstić information content (AvgIpc) is 2.24. The van der Waals surface area contributed by atoms with Crippen LogP contribution in [0.5, 0.6) is 0 Å². The Morgan fingerprint density at radius 2 is 1.67 bits per heavy atom. The van der Waals surface area contributed by atoms with E-state index in [0.717, 1.165) is 13.0 Å². The summed E-state index contributed by atoms with van der Waals surface area (Å²) in [7, 11) is 0. The minimum absolute atomic E-state index is 0.190. The summed E-state index contributed by atoms with van der Waals surface area (Å²) >= 11 is 2.40. The van der Waals surface area contributed by atoms with Crippen LogP contribution in [0.4, 0.5) is 0 Å². The van der Waals surface area contributed by atoms with Crippen molar-refractivity contribution in [3.63, 3.8) is 0 Å². The highest BCUT2D eigenvalue weighted by Crippen LogP contribution is 2.01. The van der Waals surface area contributed by atoms with E-state index >= 15 is 0 Å². The second-order valence-electron chi connectivity index (χ2n) is 3.16. The largest absolute Gasteiger partial charge is 0.376 e. The van der Waals surface area contributed by atoms with E-state index in [2.05, 4.69) is 22.6 Å². The highest BCUT2D eigenvalue weighted by molar-refractivity contribution is 14.1. The molecule has 0 aromatic carbocycles. The Hall–Kier alpha value is 0.610. The summed E-state index contributed by atoms with van der Waals surface area (Å²) < 4.78 is 17.5. The highest BCUT2D eigenvalue weighted by Gasteiger charge is 2.06. The average molecular weight is 330 g/mol. The lowest BCUT2D eigenvalue weighted by Crippen LogP contribution is -2.23. The van der Waals surface area contributed by atoms with Crippen molar-refractivity contribution in [3.05, 3.63) is 0 Å². The summed E-state index contributed by atoms with van der Waals surface area (Å²) in [5.74, 6) is 0. The van der Waals surface area contributed by atoms with E-state index in [-0.39, 0.29) is 6.29 Å². The van der Waals surface area contributed by atoms with Crippen molar-refractivity contribution in [3.8, 4) is 0 Å². The van der Waals surface area contributed by atoms with Gasteiger partial charge < -0.3 is 14.2 Å². The van der Waals surface area contributed by atoms with Crippen molar-refractivity contribution in [2.75, 3.05) is 30.9 Å². The number of unbranched alkanes of at least 4 members (excludes halogenated alkanes) is 2. The zero-order valence-electron chi connectivity index (χ0n) is 9.84. The van der Waals surface area contributed by atoms with Crippen LogP contribution in [0.15, 0.2) is 0 Å². The molecule has 92 valence electrons. The molecule has 0 spiro atoms. The Kier molecular flexibility index (Phi) is 13.2. The van der Waals surface area contributed by atoms with E-state index in [1.165, 1.54) is 17.3 Å². The topological polar surface area (TPSA) is 27.7 Å². The zero-order chi connectivity index (χ0) is 11.4. The summed E-state index contributed by atoms with van der Waals surface area (Å²) in [6, 6.07) is 0. The lowest BCUT2D eigenvalue weighted by Gasteiger charge is -2.16. The van der Waals surface area contributed by atoms with Crippen LogP contribution in [0.1, 0.15) is 33.1 Å². The number of halogens is 1. The minimum Gasteiger partial charge on any atom is -0.376 e. The molecule has 0 aliphatic heterocycles. The monoisotopic (exact) mass is 330 g/mol. The molecule has 0 fully saturated rings. The van der Waals surface area contributed by atoms with Gasteiger partial charge in [-0.05, 0) is 31.1 Å². The Morgan fingerprint density at radius 1 is 1.00 bits per heavy atom. The van der Waals surface area contributed by atoms with Gasteiger partial charge in [-0.15, -0.1) is 0 Å². The molecule has 4 heteroatoms. The summed E-state index contributed by atoms with van der Waals surface area (Å²) in [4.78, 5) is 0. The Morgan fingerprint density at radius 3 is 2.20 bits per heavy atom. The van der Waals surface area contributed by atoms with Crippen molar-refractivity contribution < 1.29 is 14.2 Å². The fourth-order valence-electron chi connectivity index (χ4n) is 1.17. The molecule has 0 radical (unpaired) electrons. The molecule has 0 aromatic heterocycles. The molecule has 0 bridgehead atoms. The Balaban J connectivity index is 3.28. The molecule has 0 saturated carbocycles. The molecule has 0 saturated heterocycles. The molecule has 0 heterocycles. The van der Waals surface area contributed by atoms with Gasteiger partial charge in [0.05, 0.1) is 6.61 Å². The maximum absolute atomic E-state index is 5.50. The number of hydrogen-bond donors (Lipinski definition) is 0. The van der Waals surface area contributed by atoms with E-state index in [1.54, 1.807) is 0 Å². The standard InChI is InChI=1S/C11H23IO3/c1-3-14-11(15-4-2)10-13-9-7-5-6-8-12/h11H,3-10H2,1-2H3. The zero-order valence-corrected chi connectivity index (χ0v) is 12.0. The molecule has 15 heavy (non-hydrogen) atoms. The van der Waals surface area contributed by atoms with E-state index in [0.29, 0.717) is 19.8 Å². The lowest BCUT2D eigenvalue weighted by atomic mass is 10.3. The Labute approximate surface area is 107 Å². The third kappa shape index (κ3) is 10.9. The fourth-order valence-corrected chi connectivity index (χ4v) is 1.71. The van der Waals surface area contributed by atoms with Crippen molar-refractivity contribution >= 4 is 22.6 Å². The first-order valence-corrected chi connectivity index (χ1v) is 7.24. The lowest BCUT2D eigenvalue weighted by molar-refractivity contribution is -0.167. The SMILES string of the molecule is CCOC(COCCCCCI)OCC. The smallest absolute Gasteiger partial charge is 0.180 e. The molecule has 0 N–H and O–H groups in total. The van der Waals surface area contributed by atoms with Gasteiger partial charge >= 0.3 is 0 Å². The molecule has 0 amide bonds. The van der Waals surface area contributed by atoms with Gasteiger partial charge in [0.25, 0.3) is 0 Å². The molecule has 3 nitrogen and oxygen atoms in total. The van der Waals surface area contributed by atoms with Gasteiger partial charge in [-0.2, -0.15) is 0 Å². The first-order valence-electron chi connectivity index (χ1n) is 5.72. The Bertz CT molecular complexity index is 116. The normalized spacial score (nSPS) is 11.2. The maximum atomic E-state index is 5.50. The number of hydrogen-bond acceptors (Lipinski definition) is 3. The summed E-state index contributed by atoms with van der Waals surface area (Å²) in [6.07, 6.45) is 3.47. The molecular formula is C11H23IO3. The number of ether oxygens (including phenoxy) is 3. The van der Waals surface area contributed by atoms with Gasteiger partial charge in [0, 0.05) is 19.8 Å². The second kappa shape index (κ2) is 12.7. The van der Waals surface area contributed by atoms with Crippen LogP contribution >= 0.6 is 22.6 Å². The van der Waals surface area contributed by atoms with E-state index < -0.39 is 0 Å². The third-order valence-electron chi connectivity index (χ3n) is 1.88.